The number of anilines is 1. The van der Waals surface area contributed by atoms with Gasteiger partial charge in [0.2, 0.25) is 0 Å². The fraction of sp³-hybridized carbons (Fsp3) is 0.750. The quantitative estimate of drug-likeness (QED) is 0.216. The molecule has 0 amide bonds. The molecule has 14 heteroatoms. The third-order valence-electron chi connectivity index (χ3n) is 5.10. The van der Waals surface area contributed by atoms with Gasteiger partial charge in [0.15, 0.2) is 12.5 Å². The summed E-state index contributed by atoms with van der Waals surface area (Å²) in [6.45, 7) is -1.42. The fourth-order valence-electron chi connectivity index (χ4n) is 3.42. The molecule has 10 atom stereocenters. The molecule has 1 aromatic heterocycles. The van der Waals surface area contributed by atoms with Crippen LogP contribution < -0.4 is 11.4 Å². The summed E-state index contributed by atoms with van der Waals surface area (Å²) in [6.07, 6.45) is -14.5. The zero-order valence-electron chi connectivity index (χ0n) is 15.6. The number of nitrogens with two attached hydrogens (primary N) is 1. The molecule has 30 heavy (non-hydrogen) atoms. The van der Waals surface area contributed by atoms with Gasteiger partial charge >= 0.3 is 5.69 Å². The number of rotatable bonds is 5. The van der Waals surface area contributed by atoms with Crippen molar-refractivity contribution in [3.05, 3.63) is 22.7 Å². The van der Waals surface area contributed by atoms with E-state index in [1.165, 1.54) is 12.3 Å². The molecule has 2 aliphatic heterocycles. The number of aliphatic hydroxyl groups excluding tert-OH is 7. The minimum absolute atomic E-state index is 0.0652. The second kappa shape index (κ2) is 9.19. The van der Waals surface area contributed by atoms with Crippen molar-refractivity contribution in [3.8, 4) is 0 Å². The van der Waals surface area contributed by atoms with Crippen LogP contribution in [-0.4, -0.2) is 114 Å². The van der Waals surface area contributed by atoms with Crippen LogP contribution in [0.3, 0.4) is 0 Å². The number of ether oxygens (including phenoxy) is 3. The van der Waals surface area contributed by atoms with Crippen molar-refractivity contribution in [3.63, 3.8) is 0 Å². The SMILES string of the molecule is Nc1ccn([C@H]2O[C@@H](CO)[C@@H](O[C@H]3O[C@@H](CO)[C@@H](O)[C@@H](O)[C@H]3O)[C@@H](O)[C@H]2O)c(=O)n1. The molecule has 9 N–H and O–H groups in total. The first-order valence-corrected chi connectivity index (χ1v) is 9.12. The minimum Gasteiger partial charge on any atom is -0.394 e. The highest BCUT2D eigenvalue weighted by molar-refractivity contribution is 5.23. The van der Waals surface area contributed by atoms with Crippen molar-refractivity contribution in [1.29, 1.82) is 0 Å². The van der Waals surface area contributed by atoms with Crippen LogP contribution in [0.2, 0.25) is 0 Å². The van der Waals surface area contributed by atoms with E-state index in [9.17, 15) is 40.5 Å². The molecule has 0 aromatic carbocycles. The fourth-order valence-corrected chi connectivity index (χ4v) is 3.42. The topological polar surface area (TPSA) is 230 Å². The lowest BCUT2D eigenvalue weighted by molar-refractivity contribution is -0.346. The summed E-state index contributed by atoms with van der Waals surface area (Å²) in [4.78, 5) is 15.5. The van der Waals surface area contributed by atoms with Crippen LogP contribution in [0, 0.1) is 0 Å². The second-order valence-electron chi connectivity index (χ2n) is 7.07. The van der Waals surface area contributed by atoms with Gasteiger partial charge in [-0.25, -0.2) is 4.79 Å². The van der Waals surface area contributed by atoms with Gasteiger partial charge in [-0.2, -0.15) is 4.98 Å². The summed E-state index contributed by atoms with van der Waals surface area (Å²) in [5.74, 6) is -0.0652. The van der Waals surface area contributed by atoms with Gasteiger partial charge < -0.3 is 55.7 Å². The first-order chi connectivity index (χ1) is 14.2. The molecule has 0 spiro atoms. The molecule has 14 nitrogen and oxygen atoms in total. The van der Waals surface area contributed by atoms with Crippen LogP contribution in [-0.2, 0) is 14.2 Å². The van der Waals surface area contributed by atoms with Gasteiger partial charge in [0.25, 0.3) is 0 Å². The molecule has 2 aliphatic rings. The Morgan fingerprint density at radius 2 is 1.63 bits per heavy atom. The standard InChI is InChI=1S/C16H25N3O11/c17-7-1-2-19(16(27)18-7)14-11(25)10(24)13(6(4-21)28-14)30-15-12(26)9(23)8(22)5(3-20)29-15/h1-2,5-6,8-15,20-26H,3-4H2,(H2,17,18,27)/t5-,6-,8+,9+,10-,11+,12+,13+,14-,15+/m0/s1. The molecule has 0 unspecified atom stereocenters. The first-order valence-electron chi connectivity index (χ1n) is 9.12. The van der Waals surface area contributed by atoms with E-state index in [0.717, 1.165) is 4.57 Å². The Hall–Kier alpha value is -1.72. The zero-order valence-corrected chi connectivity index (χ0v) is 15.6. The van der Waals surface area contributed by atoms with E-state index in [1.807, 2.05) is 0 Å². The van der Waals surface area contributed by atoms with Crippen molar-refractivity contribution in [2.45, 2.75) is 61.3 Å². The van der Waals surface area contributed by atoms with E-state index in [-0.39, 0.29) is 5.82 Å². The van der Waals surface area contributed by atoms with E-state index in [2.05, 4.69) is 4.98 Å². The summed E-state index contributed by atoms with van der Waals surface area (Å²) < 4.78 is 17.0. The molecule has 3 rings (SSSR count). The van der Waals surface area contributed by atoms with Crippen molar-refractivity contribution < 1.29 is 50.0 Å². The third kappa shape index (κ3) is 4.19. The predicted octanol–water partition coefficient (Wildman–Crippen LogP) is -5.38. The van der Waals surface area contributed by atoms with E-state index in [1.54, 1.807) is 0 Å². The lowest BCUT2D eigenvalue weighted by Gasteiger charge is -2.46. The zero-order chi connectivity index (χ0) is 22.2. The number of nitrogens with zero attached hydrogens (tertiary/aromatic N) is 2. The van der Waals surface area contributed by atoms with Crippen LogP contribution >= 0.6 is 0 Å². The lowest BCUT2D eigenvalue weighted by atomic mass is 9.96. The maximum absolute atomic E-state index is 12.0. The maximum atomic E-state index is 12.0. The van der Waals surface area contributed by atoms with Gasteiger partial charge in [-0.1, -0.05) is 0 Å². The van der Waals surface area contributed by atoms with Crippen LogP contribution in [0.5, 0.6) is 0 Å². The van der Waals surface area contributed by atoms with E-state index >= 15 is 0 Å². The van der Waals surface area contributed by atoms with Crippen molar-refractivity contribution in [2.24, 2.45) is 0 Å². The normalized spacial score (nSPS) is 42.2. The number of nitrogen functional groups attached to an aromatic ring is 1. The molecule has 0 saturated carbocycles. The molecule has 0 radical (unpaired) electrons. The highest BCUT2D eigenvalue weighted by Gasteiger charge is 2.50. The number of hydrogen-bond acceptors (Lipinski definition) is 13. The van der Waals surface area contributed by atoms with Crippen LogP contribution in [0.25, 0.3) is 0 Å². The van der Waals surface area contributed by atoms with Crippen LogP contribution in [0.1, 0.15) is 6.23 Å². The Morgan fingerprint density at radius 3 is 2.23 bits per heavy atom. The molecular formula is C16H25N3O11. The van der Waals surface area contributed by atoms with Gasteiger partial charge in [0.05, 0.1) is 13.2 Å². The summed E-state index contributed by atoms with van der Waals surface area (Å²) >= 11 is 0. The van der Waals surface area contributed by atoms with Crippen LogP contribution in [0.15, 0.2) is 17.1 Å². The number of aliphatic hydroxyl groups is 7. The highest BCUT2D eigenvalue weighted by atomic mass is 16.7. The Morgan fingerprint density at radius 1 is 0.967 bits per heavy atom. The van der Waals surface area contributed by atoms with Gasteiger partial charge in [-0.05, 0) is 6.07 Å². The summed E-state index contributed by atoms with van der Waals surface area (Å²) in [5, 5.41) is 69.7. The van der Waals surface area contributed by atoms with Gasteiger partial charge in [0, 0.05) is 6.20 Å². The Labute approximate surface area is 169 Å². The second-order valence-corrected chi connectivity index (χ2v) is 7.07. The molecule has 0 bridgehead atoms. The monoisotopic (exact) mass is 435 g/mol. The van der Waals surface area contributed by atoms with Gasteiger partial charge in [-0.3, -0.25) is 4.57 Å². The van der Waals surface area contributed by atoms with Crippen LogP contribution in [0.4, 0.5) is 5.82 Å². The van der Waals surface area contributed by atoms with Gasteiger partial charge in [-0.15, -0.1) is 0 Å². The van der Waals surface area contributed by atoms with E-state index < -0.39 is 80.3 Å². The summed E-state index contributed by atoms with van der Waals surface area (Å²) in [7, 11) is 0. The maximum Gasteiger partial charge on any atom is 0.351 e. The third-order valence-corrected chi connectivity index (χ3v) is 5.10. The Kier molecular flexibility index (Phi) is 7.03. The first kappa shape index (κ1) is 23.0. The molecule has 0 aliphatic carbocycles. The number of hydrogen-bond donors (Lipinski definition) is 8. The van der Waals surface area contributed by atoms with Crippen molar-refractivity contribution in [2.75, 3.05) is 18.9 Å². The largest absolute Gasteiger partial charge is 0.394 e. The van der Waals surface area contributed by atoms with E-state index in [4.69, 9.17) is 19.9 Å². The summed E-state index contributed by atoms with van der Waals surface area (Å²) in [5.41, 5.74) is 4.56. The predicted molar refractivity (Wildman–Crippen MR) is 94.6 cm³/mol. The highest BCUT2D eigenvalue weighted by Crippen LogP contribution is 2.32. The number of aromatic nitrogens is 2. The smallest absolute Gasteiger partial charge is 0.351 e. The molecular weight excluding hydrogens is 410 g/mol. The Bertz CT molecular complexity index is 775. The Balaban J connectivity index is 1.80. The van der Waals surface area contributed by atoms with Crippen molar-refractivity contribution >= 4 is 5.82 Å². The molecule has 2 fully saturated rings. The average Bonchev–Trinajstić information content (AvgIpc) is 2.72. The molecule has 170 valence electrons. The molecule has 1 aromatic rings. The molecule has 3 heterocycles. The minimum atomic E-state index is -1.77. The van der Waals surface area contributed by atoms with Crippen molar-refractivity contribution in [1.82, 2.24) is 9.55 Å². The molecule has 2 saturated heterocycles. The summed E-state index contributed by atoms with van der Waals surface area (Å²) in [6, 6.07) is 1.27. The average molecular weight is 435 g/mol. The van der Waals surface area contributed by atoms with E-state index in [0.29, 0.717) is 0 Å². The van der Waals surface area contributed by atoms with Gasteiger partial charge in [0.1, 0.15) is 54.6 Å². The lowest BCUT2D eigenvalue weighted by Crippen LogP contribution is -2.64.